The van der Waals surface area contributed by atoms with E-state index in [1.54, 1.807) is 12.1 Å². The quantitative estimate of drug-likeness (QED) is 0.556. The van der Waals surface area contributed by atoms with Crippen LogP contribution in [0.5, 0.6) is 5.75 Å². The maximum Gasteiger partial charge on any atom is 0.298 e. The molecule has 1 rings (SSSR count). The van der Waals surface area contributed by atoms with Gasteiger partial charge in [-0.25, -0.2) is 0 Å². The van der Waals surface area contributed by atoms with Gasteiger partial charge in [-0.2, -0.15) is 8.42 Å². The van der Waals surface area contributed by atoms with E-state index in [2.05, 4.69) is 0 Å². The van der Waals surface area contributed by atoms with E-state index in [9.17, 15) is 8.42 Å². The molecule has 0 aliphatic rings. The fraction of sp³-hybridized carbons (Fsp3) is 0.143. The highest BCUT2D eigenvalue weighted by atomic mass is 32.2. The number of benzene rings is 1. The Labute approximate surface area is 79.8 Å². The van der Waals surface area contributed by atoms with Gasteiger partial charge in [0, 0.05) is 0 Å². The molecular formula is C7H10O4SSi. The fourth-order valence-corrected chi connectivity index (χ4v) is 2.11. The van der Waals surface area contributed by atoms with E-state index in [1.807, 2.05) is 6.92 Å². The summed E-state index contributed by atoms with van der Waals surface area (Å²) in [5, 5.41) is 0. The van der Waals surface area contributed by atoms with Gasteiger partial charge in [0.05, 0.1) is 0 Å². The molecular weight excluding hydrogens is 208 g/mol. The van der Waals surface area contributed by atoms with E-state index in [0.29, 0.717) is 10.5 Å². The molecule has 72 valence electrons. The van der Waals surface area contributed by atoms with Gasteiger partial charge in [0.25, 0.3) is 10.1 Å². The second-order valence-electron chi connectivity index (χ2n) is 2.63. The molecule has 4 nitrogen and oxygen atoms in total. The first-order valence-electron chi connectivity index (χ1n) is 3.57. The van der Waals surface area contributed by atoms with E-state index in [4.69, 9.17) is 8.98 Å². The number of aryl methyl sites for hydroxylation is 1. The van der Waals surface area contributed by atoms with Gasteiger partial charge in [0.2, 0.25) is 10.5 Å². The van der Waals surface area contributed by atoms with Gasteiger partial charge < -0.3 is 4.43 Å². The van der Waals surface area contributed by atoms with Crippen LogP contribution in [0.3, 0.4) is 0 Å². The summed E-state index contributed by atoms with van der Waals surface area (Å²) in [4.78, 5) is -0.173. The van der Waals surface area contributed by atoms with Crippen molar-refractivity contribution in [2.75, 3.05) is 0 Å². The van der Waals surface area contributed by atoms with E-state index < -0.39 is 10.1 Å². The standard InChI is InChI=1S/C7H10O4SSi/c1-5-2-3-7(12(8,9)10)6(4-5)11-13/h2-4H,1,13H3,(H,8,9,10). The van der Waals surface area contributed by atoms with Crippen molar-refractivity contribution in [3.63, 3.8) is 0 Å². The first-order valence-corrected chi connectivity index (χ1v) is 5.83. The number of rotatable bonds is 2. The highest BCUT2D eigenvalue weighted by Gasteiger charge is 2.15. The van der Waals surface area contributed by atoms with Gasteiger partial charge in [0.1, 0.15) is 10.6 Å². The molecule has 0 atom stereocenters. The van der Waals surface area contributed by atoms with Crippen molar-refractivity contribution >= 4 is 20.6 Å². The third-order valence-corrected chi connectivity index (χ3v) is 2.93. The van der Waals surface area contributed by atoms with Gasteiger partial charge in [-0.3, -0.25) is 4.55 Å². The molecule has 0 spiro atoms. The molecule has 1 aromatic rings. The molecule has 1 aromatic carbocycles. The lowest BCUT2D eigenvalue weighted by molar-refractivity contribution is 0.477. The van der Waals surface area contributed by atoms with Crippen LogP contribution >= 0.6 is 0 Å². The largest absolute Gasteiger partial charge is 0.552 e. The zero-order valence-corrected chi connectivity index (χ0v) is 10.1. The van der Waals surface area contributed by atoms with Crippen LogP contribution in [0.25, 0.3) is 0 Å². The van der Waals surface area contributed by atoms with E-state index in [1.165, 1.54) is 6.07 Å². The van der Waals surface area contributed by atoms with Crippen LogP contribution in [0, 0.1) is 6.92 Å². The second kappa shape index (κ2) is 3.49. The smallest absolute Gasteiger partial charge is 0.298 e. The van der Waals surface area contributed by atoms with Gasteiger partial charge in [-0.05, 0) is 24.6 Å². The van der Waals surface area contributed by atoms with Crippen molar-refractivity contribution in [3.8, 4) is 5.75 Å². The molecule has 13 heavy (non-hydrogen) atoms. The SMILES string of the molecule is Cc1ccc(S(=O)(=O)O)c(O[SiH3])c1. The summed E-state index contributed by atoms with van der Waals surface area (Å²) in [6, 6.07) is 4.52. The van der Waals surface area contributed by atoms with Crippen LogP contribution in [-0.4, -0.2) is 23.5 Å². The van der Waals surface area contributed by atoms with Crippen molar-refractivity contribution in [1.29, 1.82) is 0 Å². The van der Waals surface area contributed by atoms with E-state index >= 15 is 0 Å². The summed E-state index contributed by atoms with van der Waals surface area (Å²) < 4.78 is 35.4. The van der Waals surface area contributed by atoms with Crippen LogP contribution in [0.2, 0.25) is 0 Å². The Hall–Kier alpha value is -0.853. The summed E-state index contributed by atoms with van der Waals surface area (Å²) in [5.41, 5.74) is 0.887. The Kier molecular flexibility index (Phi) is 2.74. The molecule has 0 saturated carbocycles. The first kappa shape index (κ1) is 10.2. The van der Waals surface area contributed by atoms with Crippen LogP contribution in [0.4, 0.5) is 0 Å². The molecule has 0 amide bonds. The highest BCUT2D eigenvalue weighted by molar-refractivity contribution is 7.86. The molecule has 0 radical (unpaired) electrons. The normalized spacial score (nSPS) is 11.5. The third-order valence-electron chi connectivity index (χ3n) is 1.60. The predicted molar refractivity (Wildman–Crippen MR) is 51.6 cm³/mol. The average molecular weight is 218 g/mol. The molecule has 0 unspecified atom stereocenters. The van der Waals surface area contributed by atoms with Crippen molar-refractivity contribution in [2.24, 2.45) is 0 Å². The molecule has 0 aliphatic heterocycles. The summed E-state index contributed by atoms with van der Waals surface area (Å²) >= 11 is 0. The van der Waals surface area contributed by atoms with Crippen LogP contribution in [0.15, 0.2) is 23.1 Å². The lowest BCUT2D eigenvalue weighted by Crippen LogP contribution is -2.01. The summed E-state index contributed by atoms with van der Waals surface area (Å²) in [5.74, 6) is 0.217. The summed E-state index contributed by atoms with van der Waals surface area (Å²) in [6.45, 7) is 1.82. The van der Waals surface area contributed by atoms with Crippen LogP contribution in [-0.2, 0) is 10.1 Å². The highest BCUT2D eigenvalue weighted by Crippen LogP contribution is 2.23. The number of hydrogen-bond donors (Lipinski definition) is 1. The van der Waals surface area contributed by atoms with Crippen molar-refractivity contribution in [3.05, 3.63) is 23.8 Å². The molecule has 0 saturated heterocycles. The van der Waals surface area contributed by atoms with Crippen LogP contribution in [0.1, 0.15) is 5.56 Å². The monoisotopic (exact) mass is 218 g/mol. The maximum absolute atomic E-state index is 10.8. The number of hydrogen-bond acceptors (Lipinski definition) is 3. The third kappa shape index (κ3) is 2.30. The minimum atomic E-state index is -4.17. The Morgan fingerprint density at radius 2 is 2.08 bits per heavy atom. The molecule has 1 N–H and O–H groups in total. The van der Waals surface area contributed by atoms with Gasteiger partial charge in [-0.15, -0.1) is 0 Å². The minimum Gasteiger partial charge on any atom is -0.552 e. The Morgan fingerprint density at radius 1 is 1.46 bits per heavy atom. The van der Waals surface area contributed by atoms with Crippen molar-refractivity contribution in [1.82, 2.24) is 0 Å². The lowest BCUT2D eigenvalue weighted by atomic mass is 10.2. The first-order chi connectivity index (χ1) is 5.95. The van der Waals surface area contributed by atoms with Crippen molar-refractivity contribution in [2.45, 2.75) is 11.8 Å². The van der Waals surface area contributed by atoms with E-state index in [0.717, 1.165) is 5.56 Å². The van der Waals surface area contributed by atoms with Gasteiger partial charge in [0.15, 0.2) is 0 Å². The predicted octanol–water partition coefficient (Wildman–Crippen LogP) is -0.0991. The fourth-order valence-electron chi connectivity index (χ4n) is 0.988. The molecule has 0 heterocycles. The Morgan fingerprint density at radius 3 is 2.54 bits per heavy atom. The second-order valence-corrected chi connectivity index (χ2v) is 4.43. The Balaban J connectivity index is 3.39. The molecule has 0 aliphatic carbocycles. The minimum absolute atomic E-state index is 0.173. The Bertz CT molecular complexity index is 413. The summed E-state index contributed by atoms with van der Waals surface area (Å²) in [7, 11) is -3.78. The molecule has 0 fully saturated rings. The topological polar surface area (TPSA) is 63.6 Å². The van der Waals surface area contributed by atoms with Gasteiger partial charge in [-0.1, -0.05) is 6.07 Å². The average Bonchev–Trinajstić information content (AvgIpc) is 2.01. The zero-order valence-electron chi connectivity index (χ0n) is 7.31. The molecule has 6 heteroatoms. The molecule has 0 bridgehead atoms. The van der Waals surface area contributed by atoms with Crippen LogP contribution < -0.4 is 4.43 Å². The zero-order chi connectivity index (χ0) is 10.1. The van der Waals surface area contributed by atoms with Gasteiger partial charge >= 0.3 is 0 Å². The van der Waals surface area contributed by atoms with Crippen molar-refractivity contribution < 1.29 is 17.4 Å². The van der Waals surface area contributed by atoms with E-state index in [-0.39, 0.29) is 10.6 Å². The lowest BCUT2D eigenvalue weighted by Gasteiger charge is -2.06. The maximum atomic E-state index is 10.8. The summed E-state index contributed by atoms with van der Waals surface area (Å²) in [6.07, 6.45) is 0. The molecule has 0 aromatic heterocycles.